The van der Waals surface area contributed by atoms with E-state index in [0.29, 0.717) is 6.42 Å². The third-order valence-electron chi connectivity index (χ3n) is 1.84. The summed E-state index contributed by atoms with van der Waals surface area (Å²) in [6.45, 7) is 1.94. The van der Waals surface area contributed by atoms with Gasteiger partial charge < -0.3 is 0 Å². The molecule has 2 N–H and O–H groups in total. The van der Waals surface area contributed by atoms with E-state index in [1.165, 1.54) is 12.3 Å². The Bertz CT molecular complexity index is 430. The van der Waals surface area contributed by atoms with Crippen LogP contribution in [0.5, 0.6) is 0 Å². The van der Waals surface area contributed by atoms with Crippen LogP contribution in [0.2, 0.25) is 0 Å². The van der Waals surface area contributed by atoms with Gasteiger partial charge in [-0.05, 0) is 12.5 Å². The van der Waals surface area contributed by atoms with Gasteiger partial charge in [-0.2, -0.15) is 9.82 Å². The molecule has 0 bridgehead atoms. The summed E-state index contributed by atoms with van der Waals surface area (Å²) in [6, 6.07) is 0.908. The van der Waals surface area contributed by atoms with Gasteiger partial charge in [0.1, 0.15) is 0 Å². The molecule has 1 heterocycles. The number of hydrogen-bond donors (Lipinski definition) is 2. The molecular weight excluding hydrogens is 214 g/mol. The predicted molar refractivity (Wildman–Crippen MR) is 56.4 cm³/mol. The lowest BCUT2D eigenvalue weighted by Crippen LogP contribution is -2.33. The molecule has 0 saturated carbocycles. The molecule has 1 atom stereocenters. The number of H-pyrrole nitrogens is 1. The second kappa shape index (κ2) is 4.96. The van der Waals surface area contributed by atoms with E-state index in [4.69, 9.17) is 6.42 Å². The summed E-state index contributed by atoms with van der Waals surface area (Å²) < 4.78 is 25.7. The Hall–Kier alpha value is -1.32. The molecule has 5 nitrogen and oxygen atoms in total. The molecule has 1 aromatic heterocycles. The molecule has 0 radical (unpaired) electrons. The fraction of sp³-hybridized carbons (Fsp3) is 0.444. The molecule has 1 aromatic rings. The van der Waals surface area contributed by atoms with E-state index >= 15 is 0 Å². The van der Waals surface area contributed by atoms with Gasteiger partial charge in [-0.25, -0.2) is 8.42 Å². The van der Waals surface area contributed by atoms with Crippen LogP contribution >= 0.6 is 0 Å². The zero-order valence-corrected chi connectivity index (χ0v) is 9.21. The Morgan fingerprint density at radius 3 is 2.93 bits per heavy atom. The first-order chi connectivity index (χ1) is 7.10. The van der Waals surface area contributed by atoms with Gasteiger partial charge in [0.25, 0.3) is 10.0 Å². The normalized spacial score (nSPS) is 13.3. The third kappa shape index (κ3) is 3.08. The third-order valence-corrected chi connectivity index (χ3v) is 3.24. The Morgan fingerprint density at radius 1 is 1.73 bits per heavy atom. The van der Waals surface area contributed by atoms with Crippen molar-refractivity contribution in [3.05, 3.63) is 12.3 Å². The summed E-state index contributed by atoms with van der Waals surface area (Å²) in [5.41, 5.74) is 0. The van der Waals surface area contributed by atoms with Crippen molar-refractivity contribution in [1.29, 1.82) is 0 Å². The fourth-order valence-electron chi connectivity index (χ4n) is 1.11. The Kier molecular flexibility index (Phi) is 3.88. The van der Waals surface area contributed by atoms with Crippen molar-refractivity contribution < 1.29 is 8.42 Å². The molecule has 0 aliphatic rings. The van der Waals surface area contributed by atoms with Crippen LogP contribution in [0.1, 0.15) is 19.8 Å². The topological polar surface area (TPSA) is 74.8 Å². The van der Waals surface area contributed by atoms with E-state index in [-0.39, 0.29) is 5.03 Å². The molecule has 82 valence electrons. The maximum Gasteiger partial charge on any atom is 0.258 e. The molecule has 0 saturated heterocycles. The summed E-state index contributed by atoms with van der Waals surface area (Å²) in [7, 11) is -3.56. The monoisotopic (exact) mass is 227 g/mol. The van der Waals surface area contributed by atoms with Crippen LogP contribution in [-0.2, 0) is 10.0 Å². The van der Waals surface area contributed by atoms with Crippen molar-refractivity contribution in [3.63, 3.8) is 0 Å². The standard InChI is InChI=1S/C9H13N3O2S/c1-3-5-8(4-2)12-15(13,14)9-6-7-10-11-9/h2,6-8,12H,3,5H2,1H3,(H,10,11). The lowest BCUT2D eigenvalue weighted by molar-refractivity contribution is 0.560. The van der Waals surface area contributed by atoms with Gasteiger partial charge in [-0.1, -0.05) is 19.3 Å². The minimum Gasteiger partial charge on any atom is -0.266 e. The van der Waals surface area contributed by atoms with Crippen LogP contribution in [0.15, 0.2) is 17.3 Å². The van der Waals surface area contributed by atoms with Crippen molar-refractivity contribution >= 4 is 10.0 Å². The summed E-state index contributed by atoms with van der Waals surface area (Å²) in [5.74, 6) is 2.40. The van der Waals surface area contributed by atoms with E-state index < -0.39 is 16.1 Å². The maximum atomic E-state index is 11.7. The zero-order valence-electron chi connectivity index (χ0n) is 8.40. The predicted octanol–water partition coefficient (Wildman–Crippen LogP) is 0.490. The number of terminal acetylenes is 1. The van der Waals surface area contributed by atoms with E-state index in [9.17, 15) is 8.42 Å². The zero-order chi connectivity index (χ0) is 11.3. The van der Waals surface area contributed by atoms with E-state index in [2.05, 4.69) is 20.8 Å². The minimum absolute atomic E-state index is 0.0267. The Morgan fingerprint density at radius 2 is 2.47 bits per heavy atom. The molecule has 0 aliphatic carbocycles. The first-order valence-electron chi connectivity index (χ1n) is 4.58. The van der Waals surface area contributed by atoms with Crippen LogP contribution in [-0.4, -0.2) is 24.7 Å². The number of nitrogens with one attached hydrogen (secondary N) is 2. The highest BCUT2D eigenvalue weighted by Gasteiger charge is 2.18. The SMILES string of the molecule is C#CC(CCC)NS(=O)(=O)c1ccn[nH]1. The Balaban J connectivity index is 2.77. The summed E-state index contributed by atoms with van der Waals surface area (Å²) in [5, 5.41) is 5.98. The van der Waals surface area contributed by atoms with Gasteiger partial charge in [0.2, 0.25) is 0 Å². The number of aromatic nitrogens is 2. The number of nitrogens with zero attached hydrogens (tertiary/aromatic N) is 1. The molecule has 1 rings (SSSR count). The Labute approximate surface area is 89.3 Å². The molecule has 0 spiro atoms. The van der Waals surface area contributed by atoms with Crippen LogP contribution in [0.4, 0.5) is 0 Å². The van der Waals surface area contributed by atoms with Crippen molar-refractivity contribution in [1.82, 2.24) is 14.9 Å². The number of aromatic amines is 1. The number of rotatable bonds is 5. The summed E-state index contributed by atoms with van der Waals surface area (Å²) in [6.07, 6.45) is 8.03. The molecule has 15 heavy (non-hydrogen) atoms. The lowest BCUT2D eigenvalue weighted by atomic mass is 10.2. The molecular formula is C9H13N3O2S. The van der Waals surface area contributed by atoms with Gasteiger partial charge in [-0.15, -0.1) is 6.42 Å². The van der Waals surface area contributed by atoms with Crippen molar-refractivity contribution in [3.8, 4) is 12.3 Å². The number of hydrogen-bond acceptors (Lipinski definition) is 3. The highest BCUT2D eigenvalue weighted by molar-refractivity contribution is 7.89. The molecule has 0 aromatic carbocycles. The quantitative estimate of drug-likeness (QED) is 0.719. The second-order valence-electron chi connectivity index (χ2n) is 3.05. The maximum absolute atomic E-state index is 11.7. The van der Waals surface area contributed by atoms with E-state index in [1.54, 1.807) is 0 Å². The van der Waals surface area contributed by atoms with Gasteiger partial charge in [0, 0.05) is 0 Å². The lowest BCUT2D eigenvalue weighted by Gasteiger charge is -2.10. The van der Waals surface area contributed by atoms with Gasteiger partial charge in [0.15, 0.2) is 5.03 Å². The van der Waals surface area contributed by atoms with Crippen LogP contribution in [0.3, 0.4) is 0 Å². The molecule has 6 heteroatoms. The second-order valence-corrected chi connectivity index (χ2v) is 4.73. The average molecular weight is 227 g/mol. The van der Waals surface area contributed by atoms with Crippen molar-refractivity contribution in [2.75, 3.05) is 0 Å². The smallest absolute Gasteiger partial charge is 0.258 e. The fourth-order valence-corrected chi connectivity index (χ4v) is 2.21. The highest BCUT2D eigenvalue weighted by Crippen LogP contribution is 2.05. The first kappa shape index (κ1) is 11.8. The van der Waals surface area contributed by atoms with Crippen LogP contribution in [0.25, 0.3) is 0 Å². The molecule has 1 unspecified atom stereocenters. The largest absolute Gasteiger partial charge is 0.266 e. The average Bonchev–Trinajstić information content (AvgIpc) is 2.70. The van der Waals surface area contributed by atoms with E-state index in [1.807, 2.05) is 6.92 Å². The van der Waals surface area contributed by atoms with Gasteiger partial charge >= 0.3 is 0 Å². The minimum atomic E-state index is -3.56. The molecule has 0 fully saturated rings. The molecule has 0 amide bonds. The summed E-state index contributed by atoms with van der Waals surface area (Å²) >= 11 is 0. The highest BCUT2D eigenvalue weighted by atomic mass is 32.2. The van der Waals surface area contributed by atoms with E-state index in [0.717, 1.165) is 6.42 Å². The number of sulfonamides is 1. The summed E-state index contributed by atoms with van der Waals surface area (Å²) in [4.78, 5) is 0. The van der Waals surface area contributed by atoms with Crippen molar-refractivity contribution in [2.45, 2.75) is 30.8 Å². The first-order valence-corrected chi connectivity index (χ1v) is 6.06. The van der Waals surface area contributed by atoms with Crippen LogP contribution < -0.4 is 4.72 Å². The van der Waals surface area contributed by atoms with Gasteiger partial charge in [-0.3, -0.25) is 5.10 Å². The van der Waals surface area contributed by atoms with Gasteiger partial charge in [0.05, 0.1) is 12.2 Å². The van der Waals surface area contributed by atoms with Crippen molar-refractivity contribution in [2.24, 2.45) is 0 Å². The van der Waals surface area contributed by atoms with Crippen LogP contribution in [0, 0.1) is 12.3 Å². The molecule has 0 aliphatic heterocycles.